The van der Waals surface area contributed by atoms with E-state index in [4.69, 9.17) is 5.73 Å². The molecule has 0 aliphatic carbocycles. The first-order chi connectivity index (χ1) is 9.20. The summed E-state index contributed by atoms with van der Waals surface area (Å²) >= 11 is 0. The molecular weight excluding hydrogens is 241 g/mol. The van der Waals surface area contributed by atoms with Crippen molar-refractivity contribution < 1.29 is 4.39 Å². The van der Waals surface area contributed by atoms with Crippen molar-refractivity contribution in [3.63, 3.8) is 0 Å². The molecular formula is C15H22FN3. The second-order valence-electron chi connectivity index (χ2n) is 5.81. The molecule has 2 N–H and O–H groups in total. The van der Waals surface area contributed by atoms with Crippen LogP contribution in [0.2, 0.25) is 0 Å². The van der Waals surface area contributed by atoms with E-state index in [-0.39, 0.29) is 5.82 Å². The van der Waals surface area contributed by atoms with Gasteiger partial charge in [0.05, 0.1) is 0 Å². The number of anilines is 1. The Morgan fingerprint density at radius 2 is 2.05 bits per heavy atom. The number of hydrogen-bond acceptors (Lipinski definition) is 3. The maximum Gasteiger partial charge on any atom is 0.125 e. The lowest BCUT2D eigenvalue weighted by Crippen LogP contribution is -2.54. The SMILES string of the molecule is Nc1cc(F)cc(CN2CCN3CCCCC3C2)c1. The number of piperazine rings is 1. The van der Waals surface area contributed by atoms with Crippen LogP contribution in [0.1, 0.15) is 24.8 Å². The van der Waals surface area contributed by atoms with Gasteiger partial charge >= 0.3 is 0 Å². The van der Waals surface area contributed by atoms with Gasteiger partial charge in [-0.25, -0.2) is 4.39 Å². The fraction of sp³-hybridized carbons (Fsp3) is 0.600. The fourth-order valence-corrected chi connectivity index (χ4v) is 3.39. The Balaban J connectivity index is 1.64. The van der Waals surface area contributed by atoms with Crippen LogP contribution >= 0.6 is 0 Å². The molecule has 2 aliphatic rings. The minimum Gasteiger partial charge on any atom is -0.399 e. The molecule has 4 heteroatoms. The van der Waals surface area contributed by atoms with Gasteiger partial charge < -0.3 is 5.73 Å². The number of nitrogen functional groups attached to an aromatic ring is 1. The van der Waals surface area contributed by atoms with Crippen LogP contribution in [0.4, 0.5) is 10.1 Å². The molecule has 2 saturated heterocycles. The van der Waals surface area contributed by atoms with E-state index in [9.17, 15) is 4.39 Å². The average Bonchev–Trinajstić information content (AvgIpc) is 2.37. The third kappa shape index (κ3) is 3.07. The molecule has 3 rings (SSSR count). The van der Waals surface area contributed by atoms with E-state index >= 15 is 0 Å². The molecule has 1 aromatic rings. The second-order valence-corrected chi connectivity index (χ2v) is 5.81. The summed E-state index contributed by atoms with van der Waals surface area (Å²) in [5.41, 5.74) is 7.21. The lowest BCUT2D eigenvalue weighted by molar-refractivity contribution is 0.0456. The molecule has 0 bridgehead atoms. The van der Waals surface area contributed by atoms with Gasteiger partial charge in [0, 0.05) is 37.9 Å². The molecule has 0 radical (unpaired) electrons. The zero-order valence-electron chi connectivity index (χ0n) is 11.3. The predicted octanol–water partition coefficient (Wildman–Crippen LogP) is 2.08. The summed E-state index contributed by atoms with van der Waals surface area (Å²) in [4.78, 5) is 5.04. The Labute approximate surface area is 114 Å². The Morgan fingerprint density at radius 3 is 2.89 bits per heavy atom. The quantitative estimate of drug-likeness (QED) is 0.829. The van der Waals surface area contributed by atoms with E-state index in [2.05, 4.69) is 9.80 Å². The highest BCUT2D eigenvalue weighted by Gasteiger charge is 2.28. The first-order valence-electron chi connectivity index (χ1n) is 7.22. The molecule has 2 aliphatic heterocycles. The highest BCUT2D eigenvalue weighted by atomic mass is 19.1. The number of nitrogens with two attached hydrogens (primary N) is 1. The summed E-state index contributed by atoms with van der Waals surface area (Å²) < 4.78 is 13.3. The lowest BCUT2D eigenvalue weighted by atomic mass is 9.99. The molecule has 2 fully saturated rings. The van der Waals surface area contributed by atoms with Crippen molar-refractivity contribution in [3.05, 3.63) is 29.6 Å². The van der Waals surface area contributed by atoms with Crippen LogP contribution in [0.5, 0.6) is 0 Å². The van der Waals surface area contributed by atoms with Crippen LogP contribution < -0.4 is 5.73 Å². The first kappa shape index (κ1) is 12.9. The normalized spacial score (nSPS) is 25.2. The number of nitrogens with zero attached hydrogens (tertiary/aromatic N) is 2. The smallest absolute Gasteiger partial charge is 0.125 e. The number of hydrogen-bond donors (Lipinski definition) is 1. The van der Waals surface area contributed by atoms with E-state index in [0.29, 0.717) is 11.7 Å². The van der Waals surface area contributed by atoms with E-state index in [1.165, 1.54) is 31.9 Å². The number of piperidine rings is 1. The van der Waals surface area contributed by atoms with Gasteiger partial charge in [-0.15, -0.1) is 0 Å². The third-order valence-electron chi connectivity index (χ3n) is 4.31. The van der Waals surface area contributed by atoms with E-state index < -0.39 is 0 Å². The molecule has 0 amide bonds. The first-order valence-corrected chi connectivity index (χ1v) is 7.22. The van der Waals surface area contributed by atoms with Crippen LogP contribution in [0.3, 0.4) is 0 Å². The summed E-state index contributed by atoms with van der Waals surface area (Å²) in [7, 11) is 0. The largest absolute Gasteiger partial charge is 0.399 e. The minimum absolute atomic E-state index is 0.230. The van der Waals surface area contributed by atoms with E-state index in [1.54, 1.807) is 6.07 Å². The number of halogens is 1. The predicted molar refractivity (Wildman–Crippen MR) is 75.3 cm³/mol. The molecule has 0 aromatic heterocycles. The Bertz CT molecular complexity index is 429. The minimum atomic E-state index is -0.230. The maximum atomic E-state index is 13.3. The van der Waals surface area contributed by atoms with Crippen molar-refractivity contribution in [1.82, 2.24) is 9.80 Å². The van der Waals surface area contributed by atoms with Crippen molar-refractivity contribution in [3.8, 4) is 0 Å². The average molecular weight is 263 g/mol. The topological polar surface area (TPSA) is 32.5 Å². The van der Waals surface area contributed by atoms with Gasteiger partial charge in [-0.1, -0.05) is 6.42 Å². The molecule has 1 unspecified atom stereocenters. The number of benzene rings is 1. The van der Waals surface area contributed by atoms with Crippen LogP contribution in [-0.4, -0.2) is 42.0 Å². The molecule has 0 spiro atoms. The van der Waals surface area contributed by atoms with E-state index in [1.807, 2.05) is 6.07 Å². The summed E-state index contributed by atoms with van der Waals surface area (Å²) in [5, 5.41) is 0. The summed E-state index contributed by atoms with van der Waals surface area (Å²) in [6, 6.07) is 5.57. The Hall–Kier alpha value is -1.13. The summed E-state index contributed by atoms with van der Waals surface area (Å²) in [6.45, 7) is 5.40. The molecule has 1 aromatic carbocycles. The van der Waals surface area contributed by atoms with Gasteiger partial charge in [-0.05, 0) is 43.1 Å². The van der Waals surface area contributed by atoms with Crippen molar-refractivity contribution in [2.24, 2.45) is 0 Å². The van der Waals surface area contributed by atoms with Crippen LogP contribution in [0.15, 0.2) is 18.2 Å². The van der Waals surface area contributed by atoms with Gasteiger partial charge in [0.25, 0.3) is 0 Å². The van der Waals surface area contributed by atoms with Crippen molar-refractivity contribution >= 4 is 5.69 Å². The standard InChI is InChI=1S/C15H22FN3/c16-13-7-12(8-14(17)9-13)10-18-5-6-19-4-2-1-3-15(19)11-18/h7-9,15H,1-6,10-11,17H2. The third-order valence-corrected chi connectivity index (χ3v) is 4.31. The zero-order valence-corrected chi connectivity index (χ0v) is 11.3. The summed E-state index contributed by atoms with van der Waals surface area (Å²) in [5.74, 6) is -0.230. The molecule has 3 nitrogen and oxygen atoms in total. The van der Waals surface area contributed by atoms with Gasteiger partial charge in [-0.3, -0.25) is 9.80 Å². The molecule has 19 heavy (non-hydrogen) atoms. The highest BCUT2D eigenvalue weighted by Crippen LogP contribution is 2.22. The Kier molecular flexibility index (Phi) is 3.71. The second kappa shape index (κ2) is 5.47. The van der Waals surface area contributed by atoms with Crippen molar-refractivity contribution in [1.29, 1.82) is 0 Å². The Morgan fingerprint density at radius 1 is 1.16 bits per heavy atom. The number of rotatable bonds is 2. The van der Waals surface area contributed by atoms with E-state index in [0.717, 1.165) is 31.7 Å². The van der Waals surface area contributed by atoms with Crippen molar-refractivity contribution in [2.75, 3.05) is 31.9 Å². The zero-order chi connectivity index (χ0) is 13.2. The van der Waals surface area contributed by atoms with Gasteiger partial charge in [0.15, 0.2) is 0 Å². The number of fused-ring (bicyclic) bond motifs is 1. The fourth-order valence-electron chi connectivity index (χ4n) is 3.39. The van der Waals surface area contributed by atoms with Crippen LogP contribution in [0, 0.1) is 5.82 Å². The molecule has 2 heterocycles. The molecule has 1 atom stereocenters. The lowest BCUT2D eigenvalue weighted by Gasteiger charge is -2.44. The maximum absolute atomic E-state index is 13.3. The van der Waals surface area contributed by atoms with Gasteiger partial charge in [0.1, 0.15) is 5.82 Å². The molecule has 104 valence electrons. The van der Waals surface area contributed by atoms with Crippen LogP contribution in [0.25, 0.3) is 0 Å². The van der Waals surface area contributed by atoms with Gasteiger partial charge in [0.2, 0.25) is 0 Å². The monoisotopic (exact) mass is 263 g/mol. The van der Waals surface area contributed by atoms with Crippen LogP contribution in [-0.2, 0) is 6.54 Å². The summed E-state index contributed by atoms with van der Waals surface area (Å²) in [6.07, 6.45) is 4.00. The van der Waals surface area contributed by atoms with Gasteiger partial charge in [-0.2, -0.15) is 0 Å². The van der Waals surface area contributed by atoms with Crippen molar-refractivity contribution in [2.45, 2.75) is 31.8 Å². The molecule has 0 saturated carbocycles. The highest BCUT2D eigenvalue weighted by molar-refractivity contribution is 5.41.